The van der Waals surface area contributed by atoms with Crippen LogP contribution in [0.3, 0.4) is 0 Å². The van der Waals surface area contributed by atoms with E-state index in [2.05, 4.69) is 9.97 Å². The van der Waals surface area contributed by atoms with Gasteiger partial charge in [-0.1, -0.05) is 18.2 Å². The normalized spacial score (nSPS) is 12.1. The Kier molecular flexibility index (Phi) is 2.06. The van der Waals surface area contributed by atoms with Gasteiger partial charge in [0.15, 0.2) is 11.6 Å². The van der Waals surface area contributed by atoms with Gasteiger partial charge in [-0.2, -0.15) is 0 Å². The molecule has 0 fully saturated rings. The molecule has 3 aromatic carbocycles. The van der Waals surface area contributed by atoms with Gasteiger partial charge in [-0.05, 0) is 30.3 Å². The number of H-pyrrole nitrogens is 2. The predicted molar refractivity (Wildman–Crippen MR) is 85.1 cm³/mol. The molecule has 0 saturated heterocycles. The molecule has 106 valence electrons. The first-order valence-electron chi connectivity index (χ1n) is 7.02. The molecule has 0 radical (unpaired) electrons. The van der Waals surface area contributed by atoms with Gasteiger partial charge in [-0.15, -0.1) is 0 Å². The minimum atomic E-state index is -0.826. The van der Waals surface area contributed by atoms with Gasteiger partial charge < -0.3 is 9.97 Å². The molecule has 0 amide bonds. The summed E-state index contributed by atoms with van der Waals surface area (Å²) >= 11 is 0. The number of halogens is 2. The Morgan fingerprint density at radius 2 is 1.41 bits per heavy atom. The lowest BCUT2D eigenvalue weighted by molar-refractivity contribution is 0.517. The SMILES string of the molecule is Fc1ccc2[nH]c3cc4[nH]c5ccccc5c4cc3c2c1F. The minimum Gasteiger partial charge on any atom is -0.354 e. The number of aromatic amines is 2. The average Bonchev–Trinajstić information content (AvgIpc) is 3.06. The highest BCUT2D eigenvalue weighted by Gasteiger charge is 2.14. The van der Waals surface area contributed by atoms with Crippen LogP contribution >= 0.6 is 0 Å². The summed E-state index contributed by atoms with van der Waals surface area (Å²) in [6, 6.07) is 14.5. The maximum Gasteiger partial charge on any atom is 0.168 e. The molecule has 2 nitrogen and oxygen atoms in total. The molecule has 0 saturated carbocycles. The second kappa shape index (κ2) is 3.85. The summed E-state index contributed by atoms with van der Waals surface area (Å²) in [6.45, 7) is 0. The molecule has 2 N–H and O–H groups in total. The zero-order valence-electron chi connectivity index (χ0n) is 11.4. The highest BCUT2D eigenvalue weighted by molar-refractivity contribution is 6.17. The van der Waals surface area contributed by atoms with Gasteiger partial charge >= 0.3 is 0 Å². The third kappa shape index (κ3) is 1.36. The van der Waals surface area contributed by atoms with Gasteiger partial charge in [0.1, 0.15) is 0 Å². The van der Waals surface area contributed by atoms with Crippen molar-refractivity contribution in [1.29, 1.82) is 0 Å². The van der Waals surface area contributed by atoms with E-state index in [4.69, 9.17) is 0 Å². The number of nitrogens with one attached hydrogen (secondary N) is 2. The molecule has 0 unspecified atom stereocenters. The fourth-order valence-electron chi connectivity index (χ4n) is 3.27. The van der Waals surface area contributed by atoms with Crippen molar-refractivity contribution in [3.63, 3.8) is 0 Å². The second-order valence-electron chi connectivity index (χ2n) is 5.52. The molecule has 0 bridgehead atoms. The van der Waals surface area contributed by atoms with Crippen molar-refractivity contribution in [3.8, 4) is 0 Å². The van der Waals surface area contributed by atoms with E-state index in [1.165, 1.54) is 0 Å². The summed E-state index contributed by atoms with van der Waals surface area (Å²) in [5.41, 5.74) is 3.40. The molecule has 5 rings (SSSR count). The lowest BCUT2D eigenvalue weighted by Gasteiger charge is -1.96. The van der Waals surface area contributed by atoms with Gasteiger partial charge in [0.05, 0.1) is 0 Å². The van der Waals surface area contributed by atoms with Crippen LogP contribution in [0.25, 0.3) is 43.6 Å². The molecule has 22 heavy (non-hydrogen) atoms. The maximum absolute atomic E-state index is 14.2. The molecule has 4 heteroatoms. The third-order valence-electron chi connectivity index (χ3n) is 4.28. The minimum absolute atomic E-state index is 0.308. The van der Waals surface area contributed by atoms with Crippen LogP contribution in [0.5, 0.6) is 0 Å². The molecule has 0 spiro atoms. The number of benzene rings is 3. The lowest BCUT2D eigenvalue weighted by atomic mass is 10.1. The van der Waals surface area contributed by atoms with Gasteiger partial charge in [-0.3, -0.25) is 0 Å². The second-order valence-corrected chi connectivity index (χ2v) is 5.52. The summed E-state index contributed by atoms with van der Waals surface area (Å²) in [4.78, 5) is 6.51. The van der Waals surface area contributed by atoms with Crippen molar-refractivity contribution >= 4 is 43.6 Å². The van der Waals surface area contributed by atoms with Crippen molar-refractivity contribution in [2.45, 2.75) is 0 Å². The molecule has 0 aliphatic carbocycles. The molecular formula is C18H10F2N2. The number of hydrogen-bond acceptors (Lipinski definition) is 0. The highest BCUT2D eigenvalue weighted by Crippen LogP contribution is 2.34. The molecule has 5 aromatic rings. The summed E-state index contributed by atoms with van der Waals surface area (Å²) in [7, 11) is 0. The molecular weight excluding hydrogens is 282 g/mol. The van der Waals surface area contributed by atoms with Gasteiger partial charge in [0.2, 0.25) is 0 Å². The van der Waals surface area contributed by atoms with E-state index in [0.29, 0.717) is 16.3 Å². The van der Waals surface area contributed by atoms with Crippen molar-refractivity contribution < 1.29 is 8.78 Å². The Bertz CT molecular complexity index is 1200. The van der Waals surface area contributed by atoms with Gasteiger partial charge in [0, 0.05) is 43.6 Å². The van der Waals surface area contributed by atoms with E-state index in [-0.39, 0.29) is 0 Å². The smallest absolute Gasteiger partial charge is 0.168 e. The Hall–Kier alpha value is -2.88. The fraction of sp³-hybridized carbons (Fsp3) is 0. The maximum atomic E-state index is 14.2. The Balaban J connectivity index is 2.04. The van der Waals surface area contributed by atoms with Crippen molar-refractivity contribution in [1.82, 2.24) is 9.97 Å². The molecule has 0 atom stereocenters. The number of rotatable bonds is 0. The van der Waals surface area contributed by atoms with Crippen LogP contribution in [0.2, 0.25) is 0 Å². The topological polar surface area (TPSA) is 31.6 Å². The predicted octanol–water partition coefficient (Wildman–Crippen LogP) is 5.23. The van der Waals surface area contributed by atoms with Crippen LogP contribution < -0.4 is 0 Å². The van der Waals surface area contributed by atoms with Gasteiger partial charge in [0.25, 0.3) is 0 Å². The standard InChI is InChI=1S/C18H10F2N2/c19-12-5-6-14-17(18(12)20)11-7-10-9-3-1-2-4-13(9)21-15(10)8-16(11)22-14/h1-8,21-22H. The van der Waals surface area contributed by atoms with Crippen molar-refractivity contribution in [2.75, 3.05) is 0 Å². The Labute approximate surface area is 123 Å². The molecule has 2 heterocycles. The Morgan fingerprint density at radius 3 is 2.32 bits per heavy atom. The zero-order chi connectivity index (χ0) is 14.8. The van der Waals surface area contributed by atoms with Crippen LogP contribution in [-0.4, -0.2) is 9.97 Å². The number of fused-ring (bicyclic) bond motifs is 6. The summed E-state index contributed by atoms with van der Waals surface area (Å²) in [5, 5.41) is 3.09. The fourth-order valence-corrected chi connectivity index (χ4v) is 3.27. The van der Waals surface area contributed by atoms with Crippen LogP contribution in [-0.2, 0) is 0 Å². The zero-order valence-corrected chi connectivity index (χ0v) is 11.4. The van der Waals surface area contributed by atoms with Crippen LogP contribution in [0, 0.1) is 11.6 Å². The van der Waals surface area contributed by atoms with E-state index in [1.54, 1.807) is 6.07 Å². The van der Waals surface area contributed by atoms with Gasteiger partial charge in [-0.25, -0.2) is 8.78 Å². The van der Waals surface area contributed by atoms with Crippen LogP contribution in [0.15, 0.2) is 48.5 Å². The van der Waals surface area contributed by atoms with E-state index in [1.807, 2.05) is 36.4 Å². The summed E-state index contributed by atoms with van der Waals surface area (Å²) < 4.78 is 27.8. The monoisotopic (exact) mass is 292 g/mol. The number of para-hydroxylation sites is 1. The van der Waals surface area contributed by atoms with E-state index in [0.717, 1.165) is 33.4 Å². The Morgan fingerprint density at radius 1 is 0.636 bits per heavy atom. The quantitative estimate of drug-likeness (QED) is 0.391. The van der Waals surface area contributed by atoms with E-state index >= 15 is 0 Å². The molecule has 0 aliphatic heterocycles. The molecule has 2 aromatic heterocycles. The third-order valence-corrected chi connectivity index (χ3v) is 4.28. The van der Waals surface area contributed by atoms with Crippen LogP contribution in [0.1, 0.15) is 0 Å². The largest absolute Gasteiger partial charge is 0.354 e. The van der Waals surface area contributed by atoms with Crippen LogP contribution in [0.4, 0.5) is 8.78 Å². The van der Waals surface area contributed by atoms with Crippen molar-refractivity contribution in [3.05, 3.63) is 60.2 Å². The first kappa shape index (κ1) is 11.7. The number of aromatic nitrogens is 2. The number of hydrogen-bond donors (Lipinski definition) is 2. The van der Waals surface area contributed by atoms with Crippen molar-refractivity contribution in [2.24, 2.45) is 0 Å². The average molecular weight is 292 g/mol. The van der Waals surface area contributed by atoms with E-state index in [9.17, 15) is 8.78 Å². The first-order chi connectivity index (χ1) is 10.7. The first-order valence-corrected chi connectivity index (χ1v) is 7.02. The summed E-state index contributed by atoms with van der Waals surface area (Å²) in [5.74, 6) is -1.63. The molecule has 0 aliphatic rings. The lowest BCUT2D eigenvalue weighted by Crippen LogP contribution is -1.83. The van der Waals surface area contributed by atoms with E-state index < -0.39 is 11.6 Å². The highest BCUT2D eigenvalue weighted by atomic mass is 19.2. The summed E-state index contributed by atoms with van der Waals surface area (Å²) in [6.07, 6.45) is 0.